The monoisotopic (exact) mass is 955 g/mol. The highest BCUT2D eigenvalue weighted by Gasteiger charge is 2.54. The van der Waals surface area contributed by atoms with E-state index in [1.54, 1.807) is 31.7 Å². The first-order chi connectivity index (χ1) is 32.0. The number of fused-ring (bicyclic) bond motifs is 6. The first-order valence-corrected chi connectivity index (χ1v) is 26.4. The van der Waals surface area contributed by atoms with Crippen molar-refractivity contribution >= 4 is 53.4 Å². The zero-order valence-electron chi connectivity index (χ0n) is 40.8. The summed E-state index contributed by atoms with van der Waals surface area (Å²) in [6.45, 7) is 21.5. The zero-order chi connectivity index (χ0) is 48.8. The van der Waals surface area contributed by atoms with E-state index in [9.17, 15) is 23.5 Å². The molecule has 0 spiro atoms. The van der Waals surface area contributed by atoms with Crippen LogP contribution in [0.5, 0.6) is 11.9 Å². The number of carbonyl (C=O) groups is 2. The van der Waals surface area contributed by atoms with Crippen molar-refractivity contribution in [1.29, 1.82) is 0 Å². The lowest BCUT2D eigenvalue weighted by molar-refractivity contribution is 0.00930. The minimum Gasteiger partial charge on any atom is -0.472 e. The number of hydrogen-bond acceptors (Lipinski definition) is 10. The van der Waals surface area contributed by atoms with Crippen molar-refractivity contribution in [2.45, 2.75) is 154 Å². The number of ether oxygens (including phenoxy) is 3. The van der Waals surface area contributed by atoms with Crippen LogP contribution in [-0.2, 0) is 4.74 Å². The van der Waals surface area contributed by atoms with Crippen LogP contribution in [0.1, 0.15) is 107 Å². The molecule has 1 saturated carbocycles. The third-order valence-electron chi connectivity index (χ3n) is 15.1. The van der Waals surface area contributed by atoms with Gasteiger partial charge in [-0.15, -0.1) is 5.54 Å². The third-order valence-corrected chi connectivity index (χ3v) is 21.4. The summed E-state index contributed by atoms with van der Waals surface area (Å²) < 4.78 is 65.6. The van der Waals surface area contributed by atoms with Gasteiger partial charge in [-0.3, -0.25) is 15.1 Å². The van der Waals surface area contributed by atoms with E-state index in [1.165, 1.54) is 4.90 Å². The number of halogens is 3. The summed E-state index contributed by atoms with van der Waals surface area (Å²) in [4.78, 5) is 46.1. The molecular weight excluding hydrogens is 892 g/mol. The highest BCUT2D eigenvalue weighted by Crippen LogP contribution is 2.50. The maximum atomic E-state index is 18.3. The highest BCUT2D eigenvalue weighted by molar-refractivity contribution is 6.90. The number of nitrogens with zero attached hydrogens (tertiary/aromatic N) is 6. The summed E-state index contributed by atoms with van der Waals surface area (Å²) in [7, 11) is -2.25. The summed E-state index contributed by atoms with van der Waals surface area (Å²) in [5.74, 6) is 0.485. The first-order valence-electron chi connectivity index (χ1n) is 24.2. The van der Waals surface area contributed by atoms with Crippen LogP contribution in [0, 0.1) is 22.7 Å². The van der Waals surface area contributed by atoms with Gasteiger partial charge in [0.05, 0.1) is 31.3 Å². The maximum Gasteiger partial charge on any atom is 0.412 e. The fourth-order valence-electron chi connectivity index (χ4n) is 11.9. The average Bonchev–Trinajstić information content (AvgIpc) is 3.84. The lowest BCUT2D eigenvalue weighted by atomic mass is 9.95. The number of pyridine rings is 1. The molecule has 6 heterocycles. The number of benzene rings is 2. The predicted octanol–water partition coefficient (Wildman–Crippen LogP) is 10.9. The van der Waals surface area contributed by atoms with Gasteiger partial charge in [0.15, 0.2) is 5.82 Å². The van der Waals surface area contributed by atoms with Crippen LogP contribution in [-0.4, -0.2) is 119 Å². The van der Waals surface area contributed by atoms with Crippen molar-refractivity contribution in [3.8, 4) is 34.6 Å². The predicted molar refractivity (Wildman–Crippen MR) is 259 cm³/mol. The van der Waals surface area contributed by atoms with E-state index in [-0.39, 0.29) is 66.1 Å². The van der Waals surface area contributed by atoms with Crippen LogP contribution < -0.4 is 19.7 Å². The molecule has 68 heavy (non-hydrogen) atoms. The van der Waals surface area contributed by atoms with Crippen LogP contribution in [0.3, 0.4) is 0 Å². The molecule has 2 N–H and O–H groups in total. The number of aromatic nitrogens is 3. The Balaban J connectivity index is 1.24. The van der Waals surface area contributed by atoms with Gasteiger partial charge in [-0.1, -0.05) is 59.6 Å². The molecule has 4 fully saturated rings. The van der Waals surface area contributed by atoms with Crippen molar-refractivity contribution < 1.29 is 42.1 Å². The normalized spacial score (nSPS) is 22.8. The molecule has 2 aromatic carbocycles. The first kappa shape index (κ1) is 47.7. The molecule has 0 radical (unpaired) electrons. The van der Waals surface area contributed by atoms with Gasteiger partial charge >= 0.3 is 18.2 Å². The summed E-state index contributed by atoms with van der Waals surface area (Å²) in [5, 5.41) is 14.8. The fraction of sp³-hybridized carbons (Fsp3) is 0.588. The molecule has 3 saturated heterocycles. The molecule has 4 aliphatic heterocycles. The molecule has 17 heteroatoms. The third kappa shape index (κ3) is 8.69. The number of hydrogen-bond donors (Lipinski definition) is 2. The number of nitrogens with one attached hydrogen (secondary N) is 1. The Hall–Kier alpha value is -5.34. The van der Waals surface area contributed by atoms with Crippen molar-refractivity contribution in [2.75, 3.05) is 43.0 Å². The molecule has 364 valence electrons. The Bertz CT molecular complexity index is 2710. The largest absolute Gasteiger partial charge is 0.472 e. The average molecular weight is 956 g/mol. The molecule has 4 aromatic rings. The summed E-state index contributed by atoms with van der Waals surface area (Å²) in [6.07, 6.45) is 0.273. The van der Waals surface area contributed by atoms with E-state index in [2.05, 4.69) is 58.3 Å². The van der Waals surface area contributed by atoms with E-state index in [4.69, 9.17) is 29.2 Å². The van der Waals surface area contributed by atoms with Gasteiger partial charge in [-0.25, -0.2) is 27.7 Å². The van der Waals surface area contributed by atoms with Crippen LogP contribution in [0.4, 0.5) is 34.3 Å². The molecule has 2 amide bonds. The van der Waals surface area contributed by atoms with Gasteiger partial charge in [0.25, 0.3) is 5.92 Å². The highest BCUT2D eigenvalue weighted by atomic mass is 28.3. The second kappa shape index (κ2) is 17.3. The standard InChI is InChI=1S/C51H64F3N7O6Si/c1-28(2)68(29(3)4,30(5)6)21-16-32-12-11-13-33-22-34(55-47(62)67-49(8,9)10)23-36(38(32)33)41-40(52)42-39-44(58-46(57-42)65-27-50(17-18-50)25-59-20-19-51(53,54)26-59)60-24-35-14-15-37(61(35)48(63)64)43(60)31(7)66-45(39)56-41/h11-13,22-23,28-31,35,37,43H,14-15,17-20,24-27H2,1-10H3,(H,55,62)(H,63,64). The number of likely N-dealkylation sites (tertiary alicyclic amines) is 1. The molecule has 4 atom stereocenters. The Morgan fingerprint density at radius 2 is 1.74 bits per heavy atom. The van der Waals surface area contributed by atoms with Crippen molar-refractivity contribution in [3.63, 3.8) is 0 Å². The van der Waals surface area contributed by atoms with E-state index >= 15 is 4.39 Å². The summed E-state index contributed by atoms with van der Waals surface area (Å²) in [6, 6.07) is 7.81. The molecule has 4 unspecified atom stereocenters. The number of rotatable bonds is 10. The number of amides is 2. The molecule has 9 rings (SSSR count). The van der Waals surface area contributed by atoms with Crippen LogP contribution in [0.25, 0.3) is 32.9 Å². The van der Waals surface area contributed by atoms with E-state index < -0.39 is 55.8 Å². The van der Waals surface area contributed by atoms with Gasteiger partial charge in [-0.05, 0) is 93.6 Å². The molecular formula is C51H64F3N7O6Si. The minimum absolute atomic E-state index is 0.0688. The fourth-order valence-corrected chi connectivity index (χ4v) is 17.2. The Morgan fingerprint density at radius 1 is 1.01 bits per heavy atom. The molecule has 2 bridgehead atoms. The maximum absolute atomic E-state index is 18.3. The molecule has 1 aliphatic carbocycles. The van der Waals surface area contributed by atoms with E-state index in [1.807, 2.05) is 36.1 Å². The smallest absolute Gasteiger partial charge is 0.412 e. The van der Waals surface area contributed by atoms with Crippen LogP contribution >= 0.6 is 0 Å². The molecule has 2 aromatic heterocycles. The van der Waals surface area contributed by atoms with Crippen LogP contribution in [0.2, 0.25) is 16.6 Å². The minimum atomic E-state index is -2.73. The SMILES string of the molecule is CC1Oc2nc(-c3cc(NC(=O)OC(C)(C)C)cc4cccc(C#C[Si](C(C)C)(C(C)C)C(C)C)c34)c(F)c3nc(OCC4(CN5CCC(F)(F)C5)CC4)nc(c23)N2CC3CCC(C12)N3C(=O)O. The summed E-state index contributed by atoms with van der Waals surface area (Å²) >= 11 is 0. The van der Waals surface area contributed by atoms with Gasteiger partial charge in [0.1, 0.15) is 42.2 Å². The number of alkyl halides is 2. The summed E-state index contributed by atoms with van der Waals surface area (Å²) in [5.41, 5.74) is 4.85. The topological polar surface area (TPSA) is 142 Å². The lowest BCUT2D eigenvalue weighted by Gasteiger charge is -2.47. The van der Waals surface area contributed by atoms with Gasteiger partial charge in [0, 0.05) is 53.7 Å². The van der Waals surface area contributed by atoms with Gasteiger partial charge < -0.3 is 24.2 Å². The Morgan fingerprint density at radius 3 is 2.37 bits per heavy atom. The molecule has 13 nitrogen and oxygen atoms in total. The molecule has 5 aliphatic rings. The van der Waals surface area contributed by atoms with Crippen LogP contribution in [0.15, 0.2) is 30.3 Å². The zero-order valence-corrected chi connectivity index (χ0v) is 41.8. The number of anilines is 2. The second-order valence-electron chi connectivity index (χ2n) is 21.9. The van der Waals surface area contributed by atoms with Crippen molar-refractivity contribution in [1.82, 2.24) is 24.8 Å². The van der Waals surface area contributed by atoms with E-state index in [0.717, 1.165) is 12.8 Å². The van der Waals surface area contributed by atoms with Gasteiger partial charge in [0.2, 0.25) is 5.88 Å². The van der Waals surface area contributed by atoms with E-state index in [0.29, 0.717) is 76.0 Å². The number of carbonyl (C=O) groups excluding carboxylic acids is 1. The van der Waals surface area contributed by atoms with Gasteiger partial charge in [-0.2, -0.15) is 9.97 Å². The Kier molecular flexibility index (Phi) is 12.1. The lowest BCUT2D eigenvalue weighted by Crippen LogP contribution is -2.64. The Labute approximate surface area is 397 Å². The van der Waals surface area contributed by atoms with Crippen molar-refractivity contribution in [2.24, 2.45) is 5.41 Å². The van der Waals surface area contributed by atoms with Crippen molar-refractivity contribution in [3.05, 3.63) is 41.7 Å². The second-order valence-corrected chi connectivity index (χ2v) is 27.5. The number of carboxylic acid groups (broad SMARTS) is 1. The number of piperazine rings is 1. The quantitative estimate of drug-likeness (QED) is 0.116.